The van der Waals surface area contributed by atoms with Crippen LogP contribution < -0.4 is 14.9 Å². The van der Waals surface area contributed by atoms with Crippen LogP contribution in [0.3, 0.4) is 0 Å². The average Bonchev–Trinajstić information content (AvgIpc) is 2.25. The Balaban J connectivity index is 2.99. The number of hydrogen-bond acceptors (Lipinski definition) is 5. The predicted octanol–water partition coefficient (Wildman–Crippen LogP) is 0.101. The lowest BCUT2D eigenvalue weighted by Crippen LogP contribution is -2.35. The minimum Gasteiger partial charge on any atom is -0.484 e. The third-order valence-corrected chi connectivity index (χ3v) is 1.84. The van der Waals surface area contributed by atoms with Gasteiger partial charge in [-0.1, -0.05) is 0 Å². The molecule has 0 aromatic carbocycles. The first-order valence-electron chi connectivity index (χ1n) is 5.02. The van der Waals surface area contributed by atoms with Crippen molar-refractivity contribution in [1.82, 2.24) is 4.98 Å². The van der Waals surface area contributed by atoms with E-state index in [-0.39, 0.29) is 23.7 Å². The van der Waals surface area contributed by atoms with Gasteiger partial charge < -0.3 is 19.5 Å². The minimum atomic E-state index is -4.52. The lowest BCUT2D eigenvalue weighted by molar-refractivity contribution is -0.153. The SMILES string of the molecule is CCOc1nccc(OCC(F)(F)F)c1B(O)O. The monoisotopic (exact) mass is 265 g/mol. The Morgan fingerprint density at radius 1 is 1.33 bits per heavy atom. The zero-order chi connectivity index (χ0) is 13.8. The average molecular weight is 265 g/mol. The molecule has 1 aromatic rings. The highest BCUT2D eigenvalue weighted by molar-refractivity contribution is 6.60. The van der Waals surface area contributed by atoms with Crippen molar-refractivity contribution in [1.29, 1.82) is 0 Å². The van der Waals surface area contributed by atoms with Crippen molar-refractivity contribution < 1.29 is 32.7 Å². The zero-order valence-corrected chi connectivity index (χ0v) is 9.44. The summed E-state index contributed by atoms with van der Waals surface area (Å²) in [5, 5.41) is 18.2. The van der Waals surface area contributed by atoms with Crippen LogP contribution >= 0.6 is 0 Å². The summed E-state index contributed by atoms with van der Waals surface area (Å²) in [6.07, 6.45) is -3.37. The standard InChI is InChI=1S/C9H11BF3NO4/c1-2-17-8-7(10(15)16)6(3-4-14-8)18-5-9(11,12)13/h3-4,15-16H,2,5H2,1H3. The molecule has 1 rings (SSSR count). The molecule has 0 unspecified atom stereocenters. The van der Waals surface area contributed by atoms with Crippen molar-refractivity contribution in [2.45, 2.75) is 13.1 Å². The number of pyridine rings is 1. The van der Waals surface area contributed by atoms with E-state index in [1.54, 1.807) is 6.92 Å². The third kappa shape index (κ3) is 4.08. The molecule has 0 amide bonds. The van der Waals surface area contributed by atoms with Crippen LogP contribution in [0.1, 0.15) is 6.92 Å². The van der Waals surface area contributed by atoms with Crippen molar-refractivity contribution in [3.8, 4) is 11.6 Å². The first-order valence-corrected chi connectivity index (χ1v) is 5.02. The second kappa shape index (κ2) is 5.92. The molecule has 0 radical (unpaired) electrons. The van der Waals surface area contributed by atoms with Gasteiger partial charge in [-0.25, -0.2) is 4.98 Å². The van der Waals surface area contributed by atoms with Gasteiger partial charge in [0.1, 0.15) is 5.75 Å². The molecular weight excluding hydrogens is 254 g/mol. The summed E-state index contributed by atoms with van der Waals surface area (Å²) < 4.78 is 45.5. The van der Waals surface area contributed by atoms with Crippen molar-refractivity contribution >= 4 is 12.6 Å². The van der Waals surface area contributed by atoms with Crippen LogP contribution in [-0.2, 0) is 0 Å². The van der Waals surface area contributed by atoms with Crippen molar-refractivity contribution in [2.24, 2.45) is 0 Å². The number of aromatic nitrogens is 1. The van der Waals surface area contributed by atoms with Gasteiger partial charge in [0.15, 0.2) is 6.61 Å². The van der Waals surface area contributed by atoms with Crippen LogP contribution in [0.15, 0.2) is 12.3 Å². The van der Waals surface area contributed by atoms with Crippen LogP contribution in [-0.4, -0.2) is 41.5 Å². The maximum absolute atomic E-state index is 12.0. The quantitative estimate of drug-likeness (QED) is 0.739. The number of ether oxygens (including phenoxy) is 2. The van der Waals surface area contributed by atoms with Crippen LogP contribution in [0.25, 0.3) is 0 Å². The topological polar surface area (TPSA) is 71.8 Å². The molecule has 0 saturated carbocycles. The summed E-state index contributed by atoms with van der Waals surface area (Å²) in [5.74, 6) is -0.507. The van der Waals surface area contributed by atoms with Gasteiger partial charge >= 0.3 is 13.3 Å². The van der Waals surface area contributed by atoms with E-state index >= 15 is 0 Å². The van der Waals surface area contributed by atoms with Gasteiger partial charge in [-0.15, -0.1) is 0 Å². The van der Waals surface area contributed by atoms with Gasteiger partial charge in [0.25, 0.3) is 0 Å². The Labute approximate surface area is 101 Å². The molecule has 9 heteroatoms. The maximum atomic E-state index is 12.0. The highest BCUT2D eigenvalue weighted by atomic mass is 19.4. The molecule has 5 nitrogen and oxygen atoms in total. The summed E-state index contributed by atoms with van der Waals surface area (Å²) in [4.78, 5) is 3.69. The number of halogens is 3. The number of alkyl halides is 3. The zero-order valence-electron chi connectivity index (χ0n) is 9.44. The molecule has 2 N–H and O–H groups in total. The molecule has 100 valence electrons. The molecule has 0 aliphatic heterocycles. The minimum absolute atomic E-state index is 0.174. The molecule has 0 saturated heterocycles. The van der Waals surface area contributed by atoms with E-state index in [2.05, 4.69) is 9.72 Å². The largest absolute Gasteiger partial charge is 0.497 e. The normalized spacial score (nSPS) is 11.2. The molecule has 1 aromatic heterocycles. The summed E-state index contributed by atoms with van der Waals surface area (Å²) in [5.41, 5.74) is -0.330. The molecule has 18 heavy (non-hydrogen) atoms. The molecule has 1 heterocycles. The Morgan fingerprint density at radius 2 is 2.00 bits per heavy atom. The molecule has 0 atom stereocenters. The Morgan fingerprint density at radius 3 is 2.50 bits per heavy atom. The van der Waals surface area contributed by atoms with Gasteiger partial charge in [-0.3, -0.25) is 0 Å². The van der Waals surface area contributed by atoms with E-state index in [1.165, 1.54) is 0 Å². The Hall–Kier alpha value is -1.48. The number of hydrogen-bond donors (Lipinski definition) is 2. The van der Waals surface area contributed by atoms with E-state index in [0.717, 1.165) is 12.3 Å². The number of rotatable bonds is 5. The van der Waals surface area contributed by atoms with Crippen molar-refractivity contribution in [3.05, 3.63) is 12.3 Å². The van der Waals surface area contributed by atoms with Crippen LogP contribution in [0.5, 0.6) is 11.6 Å². The Kier molecular flexibility index (Phi) is 4.80. The van der Waals surface area contributed by atoms with E-state index in [1.807, 2.05) is 0 Å². The van der Waals surface area contributed by atoms with E-state index < -0.39 is 19.9 Å². The highest BCUT2D eigenvalue weighted by Crippen LogP contribution is 2.19. The summed E-state index contributed by atoms with van der Waals surface area (Å²) in [7, 11) is -2.04. The molecule has 0 bridgehead atoms. The van der Waals surface area contributed by atoms with Crippen LogP contribution in [0.2, 0.25) is 0 Å². The first-order chi connectivity index (χ1) is 8.35. The fourth-order valence-electron chi connectivity index (χ4n) is 1.21. The van der Waals surface area contributed by atoms with Crippen LogP contribution in [0, 0.1) is 0 Å². The lowest BCUT2D eigenvalue weighted by Gasteiger charge is -2.15. The fourth-order valence-corrected chi connectivity index (χ4v) is 1.21. The number of nitrogens with zero attached hydrogens (tertiary/aromatic N) is 1. The van der Waals surface area contributed by atoms with Gasteiger partial charge in [0, 0.05) is 6.20 Å². The smallest absolute Gasteiger partial charge is 0.484 e. The second-order valence-corrected chi connectivity index (χ2v) is 3.24. The molecular formula is C9H11BF3NO4. The molecule has 0 aliphatic carbocycles. The van der Waals surface area contributed by atoms with E-state index in [9.17, 15) is 13.2 Å². The molecule has 0 fully saturated rings. The lowest BCUT2D eigenvalue weighted by atomic mass is 9.80. The molecule has 0 aliphatic rings. The first kappa shape index (κ1) is 14.6. The van der Waals surface area contributed by atoms with Gasteiger partial charge in [-0.2, -0.15) is 13.2 Å². The predicted molar refractivity (Wildman–Crippen MR) is 56.8 cm³/mol. The van der Waals surface area contributed by atoms with Crippen LogP contribution in [0.4, 0.5) is 13.2 Å². The van der Waals surface area contributed by atoms with Crippen molar-refractivity contribution in [2.75, 3.05) is 13.2 Å². The summed E-state index contributed by atoms with van der Waals surface area (Å²) in [6.45, 7) is 0.260. The van der Waals surface area contributed by atoms with E-state index in [0.29, 0.717) is 0 Å². The second-order valence-electron chi connectivity index (χ2n) is 3.24. The van der Waals surface area contributed by atoms with Crippen molar-refractivity contribution in [3.63, 3.8) is 0 Å². The molecule has 0 spiro atoms. The Bertz CT molecular complexity index is 400. The van der Waals surface area contributed by atoms with Gasteiger partial charge in [0.2, 0.25) is 5.88 Å². The van der Waals surface area contributed by atoms with Gasteiger partial charge in [-0.05, 0) is 13.0 Å². The maximum Gasteiger partial charge on any atom is 0.497 e. The third-order valence-electron chi connectivity index (χ3n) is 1.84. The van der Waals surface area contributed by atoms with E-state index in [4.69, 9.17) is 14.8 Å². The van der Waals surface area contributed by atoms with Gasteiger partial charge in [0.05, 0.1) is 12.1 Å². The summed E-state index contributed by atoms with van der Waals surface area (Å²) >= 11 is 0. The fraction of sp³-hybridized carbons (Fsp3) is 0.444. The summed E-state index contributed by atoms with van der Waals surface area (Å²) in [6, 6.07) is 1.10. The highest BCUT2D eigenvalue weighted by Gasteiger charge is 2.31.